The molecule has 4 rings (SSSR count). The Morgan fingerprint density at radius 1 is 1.13 bits per heavy atom. The number of carboxylic acids is 1. The van der Waals surface area contributed by atoms with E-state index in [1.807, 2.05) is 6.08 Å². The van der Waals surface area contributed by atoms with E-state index in [2.05, 4.69) is 39.8 Å². The topological polar surface area (TPSA) is 57.5 Å². The van der Waals surface area contributed by atoms with Gasteiger partial charge in [-0.3, -0.25) is 4.79 Å². The maximum absolute atomic E-state index is 12.0. The van der Waals surface area contributed by atoms with Gasteiger partial charge in [0.05, 0.1) is 12.0 Å². The smallest absolute Gasteiger partial charge is 0.314 e. The van der Waals surface area contributed by atoms with Crippen LogP contribution in [-0.2, 0) is 4.79 Å². The molecule has 3 heteroatoms. The molecule has 3 saturated carbocycles. The molecule has 8 atom stereocenters. The average Bonchev–Trinajstić information content (AvgIpc) is 2.99. The number of hydrogen-bond acceptors (Lipinski definition) is 2. The minimum atomic E-state index is -0.702. The van der Waals surface area contributed by atoms with E-state index < -0.39 is 11.9 Å². The maximum atomic E-state index is 12.0. The number of fused-ring (bicyclic) bond motifs is 5. The zero-order chi connectivity index (χ0) is 21.7. The molecule has 0 radical (unpaired) electrons. The first-order valence-electron chi connectivity index (χ1n) is 12.4. The van der Waals surface area contributed by atoms with Crippen LogP contribution in [0, 0.1) is 46.3 Å². The molecule has 3 nitrogen and oxygen atoms in total. The molecule has 0 unspecified atom stereocenters. The third-order valence-electron chi connectivity index (χ3n) is 9.90. The molecule has 4 aliphatic carbocycles. The van der Waals surface area contributed by atoms with Gasteiger partial charge in [-0.1, -0.05) is 51.5 Å². The van der Waals surface area contributed by atoms with Crippen molar-refractivity contribution < 1.29 is 15.0 Å². The van der Waals surface area contributed by atoms with Crippen LogP contribution in [0.4, 0.5) is 0 Å². The number of rotatable bonds is 5. The van der Waals surface area contributed by atoms with Crippen LogP contribution in [0.5, 0.6) is 0 Å². The molecule has 0 saturated heterocycles. The Balaban J connectivity index is 1.54. The van der Waals surface area contributed by atoms with Crippen molar-refractivity contribution in [2.24, 2.45) is 46.3 Å². The summed E-state index contributed by atoms with van der Waals surface area (Å²) in [6.07, 6.45) is 16.2. The molecule has 0 heterocycles. The van der Waals surface area contributed by atoms with Crippen LogP contribution in [0.2, 0.25) is 0 Å². The summed E-state index contributed by atoms with van der Waals surface area (Å²) >= 11 is 0. The van der Waals surface area contributed by atoms with Crippen LogP contribution in [0.15, 0.2) is 23.8 Å². The number of aliphatic carboxylic acids is 1. The maximum Gasteiger partial charge on any atom is 0.314 e. The van der Waals surface area contributed by atoms with Gasteiger partial charge < -0.3 is 10.2 Å². The van der Waals surface area contributed by atoms with E-state index in [-0.39, 0.29) is 11.5 Å². The van der Waals surface area contributed by atoms with E-state index in [0.717, 1.165) is 49.5 Å². The SMILES string of the molecule is CC(C)C/C=C\[C@@H](C(=O)O)C1=CC[C@@]2(C)[C@@H](CC[C@@H]3[C@H]4CC[C@H](O)[C@@]4(C)CC[C@@H]32)C1. The number of carbonyl (C=O) groups is 1. The largest absolute Gasteiger partial charge is 0.481 e. The van der Waals surface area contributed by atoms with Crippen LogP contribution in [0.1, 0.15) is 85.5 Å². The molecule has 0 aliphatic heterocycles. The fourth-order valence-corrected chi connectivity index (χ4v) is 7.98. The second kappa shape index (κ2) is 8.11. The standard InChI is InChI=1S/C27H42O3/c1-17(2)6-5-7-20(25(29)30)18-12-14-26(3)19(16-18)8-9-21-22-10-11-24(28)27(22,4)15-13-23(21)26/h5,7,12,17,19-24,28H,6,8-11,13-16H2,1-4H3,(H,29,30)/b7-5-/t19-,20+,21+,22+,23-,24-,26-,27-/m0/s1. The predicted molar refractivity (Wildman–Crippen MR) is 121 cm³/mol. The second-order valence-electron chi connectivity index (χ2n) is 11.9. The van der Waals surface area contributed by atoms with Gasteiger partial charge in [0, 0.05) is 0 Å². The molecule has 2 N–H and O–H groups in total. The van der Waals surface area contributed by atoms with Crippen LogP contribution < -0.4 is 0 Å². The molecule has 4 aliphatic rings. The van der Waals surface area contributed by atoms with Crippen molar-refractivity contribution in [3.63, 3.8) is 0 Å². The van der Waals surface area contributed by atoms with Crippen LogP contribution in [-0.4, -0.2) is 22.3 Å². The predicted octanol–water partition coefficient (Wildman–Crippen LogP) is 6.23. The monoisotopic (exact) mass is 414 g/mol. The number of allylic oxidation sites excluding steroid dienone is 2. The van der Waals surface area contributed by atoms with E-state index in [9.17, 15) is 15.0 Å². The first-order chi connectivity index (χ1) is 14.2. The van der Waals surface area contributed by atoms with Crippen molar-refractivity contribution in [3.05, 3.63) is 23.8 Å². The van der Waals surface area contributed by atoms with E-state index in [0.29, 0.717) is 23.2 Å². The minimum absolute atomic E-state index is 0.110. The number of aliphatic hydroxyl groups is 1. The Morgan fingerprint density at radius 2 is 1.87 bits per heavy atom. The van der Waals surface area contributed by atoms with Crippen molar-refractivity contribution in [2.45, 2.75) is 91.6 Å². The Kier molecular flexibility index (Phi) is 5.98. The fourth-order valence-electron chi connectivity index (χ4n) is 7.98. The van der Waals surface area contributed by atoms with E-state index in [4.69, 9.17) is 0 Å². The Morgan fingerprint density at radius 3 is 2.57 bits per heavy atom. The minimum Gasteiger partial charge on any atom is -0.481 e. The van der Waals surface area contributed by atoms with Crippen molar-refractivity contribution in [3.8, 4) is 0 Å². The molecule has 168 valence electrons. The summed E-state index contributed by atoms with van der Waals surface area (Å²) in [6, 6.07) is 0. The van der Waals surface area contributed by atoms with Gasteiger partial charge in [-0.2, -0.15) is 0 Å². The summed E-state index contributed by atoms with van der Waals surface area (Å²) < 4.78 is 0. The highest BCUT2D eigenvalue weighted by molar-refractivity contribution is 5.76. The van der Waals surface area contributed by atoms with Crippen molar-refractivity contribution in [1.82, 2.24) is 0 Å². The Hall–Kier alpha value is -1.09. The Bertz CT molecular complexity index is 722. The molecule has 3 fully saturated rings. The van der Waals surface area contributed by atoms with E-state index >= 15 is 0 Å². The van der Waals surface area contributed by atoms with Gasteiger partial charge in [-0.05, 0) is 98.2 Å². The van der Waals surface area contributed by atoms with Crippen molar-refractivity contribution >= 4 is 5.97 Å². The molecule has 0 bridgehead atoms. The lowest BCUT2D eigenvalue weighted by molar-refractivity contribution is -0.139. The number of hydrogen-bond donors (Lipinski definition) is 2. The Labute approximate surface area is 183 Å². The summed E-state index contributed by atoms with van der Waals surface area (Å²) in [7, 11) is 0. The molecule has 0 aromatic rings. The molecular formula is C27H42O3. The lowest BCUT2D eigenvalue weighted by atomic mass is 9.45. The van der Waals surface area contributed by atoms with Gasteiger partial charge in [0.25, 0.3) is 0 Å². The summed E-state index contributed by atoms with van der Waals surface area (Å²) in [5.74, 6) is 2.17. The van der Waals surface area contributed by atoms with Gasteiger partial charge in [0.15, 0.2) is 0 Å². The van der Waals surface area contributed by atoms with Gasteiger partial charge in [-0.25, -0.2) is 0 Å². The van der Waals surface area contributed by atoms with Crippen LogP contribution in [0.3, 0.4) is 0 Å². The third kappa shape index (κ3) is 3.59. The molecular weight excluding hydrogens is 372 g/mol. The molecule has 0 spiro atoms. The third-order valence-corrected chi connectivity index (χ3v) is 9.90. The van der Waals surface area contributed by atoms with Gasteiger partial charge in [0.2, 0.25) is 0 Å². The summed E-state index contributed by atoms with van der Waals surface area (Å²) in [4.78, 5) is 12.0. The first-order valence-corrected chi connectivity index (χ1v) is 12.4. The lowest BCUT2D eigenvalue weighted by Crippen LogP contribution is -2.53. The second-order valence-corrected chi connectivity index (χ2v) is 11.9. The summed E-state index contributed by atoms with van der Waals surface area (Å²) in [5, 5.41) is 20.5. The zero-order valence-corrected chi connectivity index (χ0v) is 19.4. The summed E-state index contributed by atoms with van der Waals surface area (Å²) in [6.45, 7) is 9.19. The number of carboxylic acid groups (broad SMARTS) is 1. The molecule has 0 aromatic heterocycles. The van der Waals surface area contributed by atoms with Gasteiger partial charge in [0.1, 0.15) is 0 Å². The molecule has 30 heavy (non-hydrogen) atoms. The zero-order valence-electron chi connectivity index (χ0n) is 19.4. The van der Waals surface area contributed by atoms with Crippen molar-refractivity contribution in [1.29, 1.82) is 0 Å². The highest BCUT2D eigenvalue weighted by atomic mass is 16.4. The lowest BCUT2D eigenvalue weighted by Gasteiger charge is -2.60. The van der Waals surface area contributed by atoms with Gasteiger partial charge >= 0.3 is 5.97 Å². The summed E-state index contributed by atoms with van der Waals surface area (Å²) in [5.41, 5.74) is 1.57. The normalized spacial score (nSPS) is 44.3. The van der Waals surface area contributed by atoms with Crippen molar-refractivity contribution in [2.75, 3.05) is 0 Å². The highest BCUT2D eigenvalue weighted by Gasteiger charge is 2.59. The first kappa shape index (κ1) is 22.1. The van der Waals surface area contributed by atoms with Crippen LogP contribution in [0.25, 0.3) is 0 Å². The van der Waals surface area contributed by atoms with Crippen LogP contribution >= 0.6 is 0 Å². The van der Waals surface area contributed by atoms with E-state index in [1.54, 1.807) is 0 Å². The van der Waals surface area contributed by atoms with Gasteiger partial charge in [-0.15, -0.1) is 0 Å². The van der Waals surface area contributed by atoms with E-state index in [1.165, 1.54) is 25.7 Å². The highest BCUT2D eigenvalue weighted by Crippen LogP contribution is 2.66. The fraction of sp³-hybridized carbons (Fsp3) is 0.815. The molecule has 0 amide bonds. The average molecular weight is 415 g/mol. The quantitative estimate of drug-likeness (QED) is 0.524. The number of aliphatic hydroxyl groups excluding tert-OH is 1. The molecule has 0 aromatic carbocycles.